The van der Waals surface area contributed by atoms with Gasteiger partial charge in [0.15, 0.2) is 0 Å². The molecule has 0 unspecified atom stereocenters. The average Bonchev–Trinajstić information content (AvgIpc) is 2.19. The van der Waals surface area contributed by atoms with E-state index >= 15 is 0 Å². The van der Waals surface area contributed by atoms with E-state index in [9.17, 15) is 17.2 Å². The van der Waals surface area contributed by atoms with Crippen LogP contribution in [0.3, 0.4) is 0 Å². The molecule has 0 radical (unpaired) electrons. The van der Waals surface area contributed by atoms with Gasteiger partial charge >= 0.3 is 0 Å². The third-order valence-electron chi connectivity index (χ3n) is 2.33. The van der Waals surface area contributed by atoms with Gasteiger partial charge in [-0.25, -0.2) is 21.9 Å². The lowest BCUT2D eigenvalue weighted by molar-refractivity contribution is 0.245. The standard InChI is InChI=1S/C11H15F2NO3S/c1-11(2,5-6-15)14-18(16,17)10-7-8(12)3-4-9(10)13/h3-4,7,14-15H,5-6H2,1-2H3. The summed E-state index contributed by atoms with van der Waals surface area (Å²) in [6, 6.07) is 2.21. The minimum absolute atomic E-state index is 0.156. The third-order valence-corrected chi connectivity index (χ3v) is 4.04. The highest BCUT2D eigenvalue weighted by molar-refractivity contribution is 7.89. The molecule has 0 atom stereocenters. The van der Waals surface area contributed by atoms with Crippen molar-refractivity contribution in [3.63, 3.8) is 0 Å². The Kier molecular flexibility index (Phi) is 4.41. The SMILES string of the molecule is CC(C)(CCO)NS(=O)(=O)c1cc(F)ccc1F. The Labute approximate surface area is 105 Å². The van der Waals surface area contributed by atoms with Crippen LogP contribution in [0.5, 0.6) is 0 Å². The second kappa shape index (κ2) is 5.29. The number of hydrogen-bond acceptors (Lipinski definition) is 3. The van der Waals surface area contributed by atoms with E-state index in [2.05, 4.69) is 4.72 Å². The van der Waals surface area contributed by atoms with Crippen LogP contribution < -0.4 is 4.72 Å². The first-order valence-corrected chi connectivity index (χ1v) is 6.76. The monoisotopic (exact) mass is 279 g/mol. The predicted octanol–water partition coefficient (Wildman–Crippen LogP) is 1.40. The minimum atomic E-state index is -4.17. The molecule has 0 aliphatic heterocycles. The first-order chi connectivity index (χ1) is 8.18. The fraction of sp³-hybridized carbons (Fsp3) is 0.455. The summed E-state index contributed by atoms with van der Waals surface area (Å²) in [6.45, 7) is 2.86. The lowest BCUT2D eigenvalue weighted by Crippen LogP contribution is -2.44. The predicted molar refractivity (Wildman–Crippen MR) is 62.5 cm³/mol. The van der Waals surface area contributed by atoms with E-state index in [-0.39, 0.29) is 13.0 Å². The Morgan fingerprint density at radius 1 is 1.33 bits per heavy atom. The molecular formula is C11H15F2NO3S. The molecule has 0 spiro atoms. The van der Waals surface area contributed by atoms with E-state index in [4.69, 9.17) is 5.11 Å². The summed E-state index contributed by atoms with van der Waals surface area (Å²) in [5.41, 5.74) is -0.952. The van der Waals surface area contributed by atoms with Crippen LogP contribution in [0.1, 0.15) is 20.3 Å². The number of nitrogens with one attached hydrogen (secondary N) is 1. The van der Waals surface area contributed by atoms with Gasteiger partial charge in [-0.1, -0.05) is 0 Å². The van der Waals surface area contributed by atoms with Crippen molar-refractivity contribution < 1.29 is 22.3 Å². The zero-order valence-corrected chi connectivity index (χ0v) is 10.9. The van der Waals surface area contributed by atoms with Crippen LogP contribution in [0.4, 0.5) is 8.78 Å². The summed E-state index contributed by atoms with van der Waals surface area (Å²) in [5.74, 6) is -1.86. The Balaban J connectivity index is 3.11. The van der Waals surface area contributed by atoms with Gasteiger partial charge in [0, 0.05) is 12.1 Å². The fourth-order valence-electron chi connectivity index (χ4n) is 1.43. The van der Waals surface area contributed by atoms with Gasteiger partial charge in [-0.3, -0.25) is 0 Å². The van der Waals surface area contributed by atoms with Crippen molar-refractivity contribution >= 4 is 10.0 Å². The molecule has 0 amide bonds. The number of rotatable bonds is 5. The third kappa shape index (κ3) is 3.72. The van der Waals surface area contributed by atoms with Crippen molar-refractivity contribution in [3.8, 4) is 0 Å². The van der Waals surface area contributed by atoms with Crippen LogP contribution in [0.15, 0.2) is 23.1 Å². The maximum absolute atomic E-state index is 13.4. The number of hydrogen-bond donors (Lipinski definition) is 2. The van der Waals surface area contributed by atoms with Crippen molar-refractivity contribution in [3.05, 3.63) is 29.8 Å². The molecule has 2 N–H and O–H groups in total. The number of sulfonamides is 1. The molecular weight excluding hydrogens is 264 g/mol. The quantitative estimate of drug-likeness (QED) is 0.856. The zero-order chi connectivity index (χ0) is 14.0. The summed E-state index contributed by atoms with van der Waals surface area (Å²) in [4.78, 5) is -0.742. The molecule has 1 aromatic carbocycles. The van der Waals surface area contributed by atoms with Crippen LogP contribution in [0, 0.1) is 11.6 Å². The Morgan fingerprint density at radius 3 is 2.50 bits per heavy atom. The molecule has 0 aromatic heterocycles. The average molecular weight is 279 g/mol. The highest BCUT2D eigenvalue weighted by Gasteiger charge is 2.28. The van der Waals surface area contributed by atoms with Crippen molar-refractivity contribution in [1.82, 2.24) is 4.72 Å². The molecule has 4 nitrogen and oxygen atoms in total. The summed E-state index contributed by atoms with van der Waals surface area (Å²) in [5, 5.41) is 8.80. The molecule has 0 bridgehead atoms. The molecule has 102 valence electrons. The Bertz CT molecular complexity index is 529. The van der Waals surface area contributed by atoms with Crippen LogP contribution in [0.2, 0.25) is 0 Å². The van der Waals surface area contributed by atoms with Crippen LogP contribution in [-0.2, 0) is 10.0 Å². The van der Waals surface area contributed by atoms with Crippen molar-refractivity contribution in [1.29, 1.82) is 0 Å². The van der Waals surface area contributed by atoms with E-state index in [1.807, 2.05) is 0 Å². The minimum Gasteiger partial charge on any atom is -0.396 e. The largest absolute Gasteiger partial charge is 0.396 e. The molecule has 0 fully saturated rings. The van der Waals surface area contributed by atoms with Gasteiger partial charge < -0.3 is 5.11 Å². The van der Waals surface area contributed by atoms with Gasteiger partial charge in [0.05, 0.1) is 0 Å². The lowest BCUT2D eigenvalue weighted by atomic mass is 10.0. The van der Waals surface area contributed by atoms with Crippen molar-refractivity contribution in [2.75, 3.05) is 6.61 Å². The molecule has 0 aliphatic rings. The van der Waals surface area contributed by atoms with Gasteiger partial charge in [0.2, 0.25) is 10.0 Å². The maximum atomic E-state index is 13.4. The molecule has 1 rings (SSSR count). The van der Waals surface area contributed by atoms with Crippen molar-refractivity contribution in [2.45, 2.75) is 30.7 Å². The Morgan fingerprint density at radius 2 is 1.94 bits per heavy atom. The zero-order valence-electron chi connectivity index (χ0n) is 10.1. The van der Waals surface area contributed by atoms with Crippen molar-refractivity contribution in [2.24, 2.45) is 0 Å². The van der Waals surface area contributed by atoms with Gasteiger partial charge in [-0.2, -0.15) is 0 Å². The Hall–Kier alpha value is -1.05. The van der Waals surface area contributed by atoms with E-state index in [1.165, 1.54) is 13.8 Å². The number of aliphatic hydroxyl groups excluding tert-OH is 1. The normalized spacial score (nSPS) is 12.7. The van der Waals surface area contributed by atoms with Crippen LogP contribution in [0.25, 0.3) is 0 Å². The number of halogens is 2. The first kappa shape index (κ1) is 15.0. The summed E-state index contributed by atoms with van der Waals surface area (Å²) in [7, 11) is -4.17. The fourth-order valence-corrected chi connectivity index (χ4v) is 2.96. The van der Waals surface area contributed by atoms with Gasteiger partial charge in [-0.15, -0.1) is 0 Å². The molecule has 0 saturated carbocycles. The van der Waals surface area contributed by atoms with Crippen LogP contribution in [-0.4, -0.2) is 25.7 Å². The number of benzene rings is 1. The molecule has 7 heteroatoms. The molecule has 0 heterocycles. The van der Waals surface area contributed by atoms with Gasteiger partial charge in [0.25, 0.3) is 0 Å². The maximum Gasteiger partial charge on any atom is 0.244 e. The van der Waals surface area contributed by atoms with E-state index in [1.54, 1.807) is 0 Å². The van der Waals surface area contributed by atoms with E-state index in [0.717, 1.165) is 12.1 Å². The van der Waals surface area contributed by atoms with E-state index in [0.29, 0.717) is 6.07 Å². The van der Waals surface area contributed by atoms with E-state index < -0.39 is 32.1 Å². The molecule has 18 heavy (non-hydrogen) atoms. The number of aliphatic hydroxyl groups is 1. The molecule has 0 saturated heterocycles. The second-order valence-corrected chi connectivity index (χ2v) is 6.19. The van der Waals surface area contributed by atoms with Crippen LogP contribution >= 0.6 is 0 Å². The highest BCUT2D eigenvalue weighted by Crippen LogP contribution is 2.19. The summed E-state index contributed by atoms with van der Waals surface area (Å²) >= 11 is 0. The second-order valence-electron chi connectivity index (χ2n) is 4.54. The smallest absolute Gasteiger partial charge is 0.244 e. The van der Waals surface area contributed by atoms with Gasteiger partial charge in [-0.05, 0) is 38.5 Å². The first-order valence-electron chi connectivity index (χ1n) is 5.28. The molecule has 0 aliphatic carbocycles. The topological polar surface area (TPSA) is 66.4 Å². The lowest BCUT2D eigenvalue weighted by Gasteiger charge is -2.25. The highest BCUT2D eigenvalue weighted by atomic mass is 32.2. The summed E-state index contributed by atoms with van der Waals surface area (Å²) < 4.78 is 52.4. The van der Waals surface area contributed by atoms with Gasteiger partial charge in [0.1, 0.15) is 16.5 Å². The summed E-state index contributed by atoms with van der Waals surface area (Å²) in [6.07, 6.45) is 0.156. The molecule has 1 aromatic rings.